The Hall–Kier alpha value is -1.07. The highest BCUT2D eigenvalue weighted by molar-refractivity contribution is 7.10. The van der Waals surface area contributed by atoms with Crippen LogP contribution in [0.2, 0.25) is 0 Å². The molecule has 0 spiro atoms. The standard InChI is InChI=1S/C15H26N2O2S/c1-12(13-8-6-11-20-13)16-9-7-10-17(5)14(18)19-15(2,3)4/h6,8,11-12,16H,7,9-10H2,1-5H3. The van der Waals surface area contributed by atoms with Gasteiger partial charge in [-0.25, -0.2) is 4.79 Å². The van der Waals surface area contributed by atoms with Crippen LogP contribution >= 0.6 is 11.3 Å². The predicted molar refractivity (Wildman–Crippen MR) is 84.2 cm³/mol. The largest absolute Gasteiger partial charge is 0.444 e. The van der Waals surface area contributed by atoms with Gasteiger partial charge in [0.25, 0.3) is 0 Å². The minimum Gasteiger partial charge on any atom is -0.444 e. The van der Waals surface area contributed by atoms with Gasteiger partial charge in [-0.2, -0.15) is 0 Å². The van der Waals surface area contributed by atoms with Gasteiger partial charge in [-0.15, -0.1) is 11.3 Å². The number of ether oxygens (including phenoxy) is 1. The lowest BCUT2D eigenvalue weighted by molar-refractivity contribution is 0.0297. The minimum absolute atomic E-state index is 0.260. The summed E-state index contributed by atoms with van der Waals surface area (Å²) in [6, 6.07) is 4.56. The Morgan fingerprint density at radius 2 is 2.20 bits per heavy atom. The van der Waals surface area contributed by atoms with E-state index in [2.05, 4.69) is 29.8 Å². The van der Waals surface area contributed by atoms with Crippen LogP contribution in [0.5, 0.6) is 0 Å². The lowest BCUT2D eigenvalue weighted by Crippen LogP contribution is -2.35. The number of carbonyl (C=O) groups is 1. The minimum atomic E-state index is -0.433. The number of amides is 1. The number of rotatable bonds is 6. The molecule has 0 fully saturated rings. The molecule has 0 aliphatic carbocycles. The van der Waals surface area contributed by atoms with Crippen molar-refractivity contribution in [1.29, 1.82) is 0 Å². The third-order valence-electron chi connectivity index (χ3n) is 2.80. The van der Waals surface area contributed by atoms with Gasteiger partial charge in [0, 0.05) is 24.5 Å². The van der Waals surface area contributed by atoms with Crippen molar-refractivity contribution in [3.8, 4) is 0 Å². The van der Waals surface area contributed by atoms with Gasteiger partial charge in [0.05, 0.1) is 0 Å². The molecular weight excluding hydrogens is 272 g/mol. The summed E-state index contributed by atoms with van der Waals surface area (Å²) in [5, 5.41) is 5.55. The molecule has 0 aliphatic heterocycles. The van der Waals surface area contributed by atoms with Crippen molar-refractivity contribution in [3.05, 3.63) is 22.4 Å². The van der Waals surface area contributed by atoms with E-state index in [4.69, 9.17) is 4.74 Å². The predicted octanol–water partition coefficient (Wildman–Crippen LogP) is 3.66. The fourth-order valence-electron chi connectivity index (χ4n) is 1.70. The van der Waals surface area contributed by atoms with Gasteiger partial charge < -0.3 is 15.0 Å². The van der Waals surface area contributed by atoms with Crippen LogP contribution in [0.25, 0.3) is 0 Å². The van der Waals surface area contributed by atoms with E-state index >= 15 is 0 Å². The van der Waals surface area contributed by atoms with Crippen LogP contribution in [0, 0.1) is 0 Å². The third-order valence-corrected chi connectivity index (χ3v) is 3.85. The van der Waals surface area contributed by atoms with Crippen LogP contribution in [0.4, 0.5) is 4.79 Å². The summed E-state index contributed by atoms with van der Waals surface area (Å²) in [6.07, 6.45) is 0.648. The van der Waals surface area contributed by atoms with Crippen molar-refractivity contribution in [2.45, 2.75) is 45.8 Å². The monoisotopic (exact) mass is 298 g/mol. The van der Waals surface area contributed by atoms with Crippen LogP contribution in [0.1, 0.15) is 45.0 Å². The summed E-state index contributed by atoms with van der Waals surface area (Å²) in [5.74, 6) is 0. The van der Waals surface area contributed by atoms with E-state index in [1.807, 2.05) is 20.8 Å². The molecule has 0 aliphatic rings. The number of hydrogen-bond donors (Lipinski definition) is 1. The summed E-state index contributed by atoms with van der Waals surface area (Å²) in [6.45, 7) is 9.36. The van der Waals surface area contributed by atoms with Crippen LogP contribution in [0.3, 0.4) is 0 Å². The Balaban J connectivity index is 2.19. The van der Waals surface area contributed by atoms with Gasteiger partial charge in [0.15, 0.2) is 0 Å². The topological polar surface area (TPSA) is 41.6 Å². The molecule has 0 saturated heterocycles. The third kappa shape index (κ3) is 6.39. The molecule has 0 radical (unpaired) electrons. The summed E-state index contributed by atoms with van der Waals surface area (Å²) in [5.41, 5.74) is -0.433. The van der Waals surface area contributed by atoms with E-state index in [-0.39, 0.29) is 6.09 Å². The maximum atomic E-state index is 11.8. The fourth-order valence-corrected chi connectivity index (χ4v) is 2.46. The average molecular weight is 298 g/mol. The van der Waals surface area contributed by atoms with Gasteiger partial charge in [-0.05, 0) is 52.1 Å². The number of hydrogen-bond acceptors (Lipinski definition) is 4. The van der Waals surface area contributed by atoms with E-state index < -0.39 is 5.60 Å². The molecule has 20 heavy (non-hydrogen) atoms. The summed E-state index contributed by atoms with van der Waals surface area (Å²) >= 11 is 1.76. The molecule has 0 bridgehead atoms. The van der Waals surface area contributed by atoms with Gasteiger partial charge >= 0.3 is 6.09 Å². The number of nitrogens with zero attached hydrogens (tertiary/aromatic N) is 1. The van der Waals surface area contributed by atoms with E-state index in [0.717, 1.165) is 13.0 Å². The highest BCUT2D eigenvalue weighted by Crippen LogP contribution is 2.17. The number of nitrogens with one attached hydrogen (secondary N) is 1. The smallest absolute Gasteiger partial charge is 0.410 e. The van der Waals surface area contributed by atoms with E-state index in [1.54, 1.807) is 23.3 Å². The second-order valence-corrected chi connectivity index (χ2v) is 6.93. The lowest BCUT2D eigenvalue weighted by Gasteiger charge is -2.24. The zero-order chi connectivity index (χ0) is 15.2. The van der Waals surface area contributed by atoms with E-state index in [1.165, 1.54) is 4.88 Å². The van der Waals surface area contributed by atoms with Gasteiger partial charge in [-0.1, -0.05) is 6.07 Å². The maximum Gasteiger partial charge on any atom is 0.410 e. The molecule has 1 unspecified atom stereocenters. The Morgan fingerprint density at radius 3 is 2.75 bits per heavy atom. The highest BCUT2D eigenvalue weighted by Gasteiger charge is 2.19. The molecule has 0 saturated carbocycles. The van der Waals surface area contributed by atoms with Crippen LogP contribution in [-0.2, 0) is 4.74 Å². The SMILES string of the molecule is CC(NCCCN(C)C(=O)OC(C)(C)C)c1cccs1. The van der Waals surface area contributed by atoms with Crippen LogP contribution < -0.4 is 5.32 Å². The Bertz CT molecular complexity index is 399. The molecule has 1 aromatic rings. The Labute approximate surface area is 126 Å². The van der Waals surface area contributed by atoms with Gasteiger partial charge in [0.2, 0.25) is 0 Å². The lowest BCUT2D eigenvalue weighted by atomic mass is 10.2. The average Bonchev–Trinajstić information content (AvgIpc) is 2.85. The summed E-state index contributed by atoms with van der Waals surface area (Å²) in [7, 11) is 1.77. The van der Waals surface area contributed by atoms with Crippen LogP contribution in [-0.4, -0.2) is 36.7 Å². The van der Waals surface area contributed by atoms with Crippen molar-refractivity contribution >= 4 is 17.4 Å². The first-order chi connectivity index (χ1) is 9.29. The number of thiophene rings is 1. The Kier molecular flexibility index (Phi) is 6.49. The Morgan fingerprint density at radius 1 is 1.50 bits per heavy atom. The van der Waals surface area contributed by atoms with Crippen molar-refractivity contribution in [2.75, 3.05) is 20.1 Å². The molecular formula is C15H26N2O2S. The second-order valence-electron chi connectivity index (χ2n) is 5.95. The molecule has 1 aromatic heterocycles. The first kappa shape index (κ1) is 17.0. The maximum absolute atomic E-state index is 11.8. The molecule has 0 aromatic carbocycles. The fraction of sp³-hybridized carbons (Fsp3) is 0.667. The molecule has 1 N–H and O–H groups in total. The molecule has 1 heterocycles. The van der Waals surface area contributed by atoms with Crippen molar-refractivity contribution in [2.24, 2.45) is 0 Å². The van der Waals surface area contributed by atoms with Crippen molar-refractivity contribution < 1.29 is 9.53 Å². The molecule has 1 rings (SSSR count). The van der Waals surface area contributed by atoms with Gasteiger partial charge in [-0.3, -0.25) is 0 Å². The van der Waals surface area contributed by atoms with Crippen molar-refractivity contribution in [3.63, 3.8) is 0 Å². The summed E-state index contributed by atoms with van der Waals surface area (Å²) < 4.78 is 5.30. The first-order valence-corrected chi connectivity index (χ1v) is 7.88. The zero-order valence-corrected chi connectivity index (χ0v) is 13.9. The quantitative estimate of drug-likeness (QED) is 0.815. The molecule has 114 valence electrons. The first-order valence-electron chi connectivity index (χ1n) is 7.00. The highest BCUT2D eigenvalue weighted by atomic mass is 32.1. The molecule has 1 amide bonds. The number of carbonyl (C=O) groups excluding carboxylic acids is 1. The zero-order valence-electron chi connectivity index (χ0n) is 13.1. The molecule has 5 heteroatoms. The van der Waals surface area contributed by atoms with E-state index in [0.29, 0.717) is 12.6 Å². The molecule has 4 nitrogen and oxygen atoms in total. The normalized spacial score (nSPS) is 13.1. The summed E-state index contributed by atoms with van der Waals surface area (Å²) in [4.78, 5) is 14.7. The molecule has 1 atom stereocenters. The van der Waals surface area contributed by atoms with Gasteiger partial charge in [0.1, 0.15) is 5.60 Å². The van der Waals surface area contributed by atoms with Crippen LogP contribution in [0.15, 0.2) is 17.5 Å². The second kappa shape index (κ2) is 7.64. The van der Waals surface area contributed by atoms with Crippen molar-refractivity contribution in [1.82, 2.24) is 10.2 Å². The van der Waals surface area contributed by atoms with E-state index in [9.17, 15) is 4.79 Å².